The van der Waals surface area contributed by atoms with Gasteiger partial charge in [0.25, 0.3) is 0 Å². The third-order valence-corrected chi connectivity index (χ3v) is 5.12. The molecular weight excluding hydrogens is 378 g/mol. The van der Waals surface area contributed by atoms with E-state index in [1.54, 1.807) is 13.8 Å². The zero-order valence-corrected chi connectivity index (χ0v) is 17.0. The first-order valence-electron chi connectivity index (χ1n) is 10.1. The van der Waals surface area contributed by atoms with Crippen molar-refractivity contribution in [2.24, 2.45) is 0 Å². The van der Waals surface area contributed by atoms with Gasteiger partial charge in [-0.1, -0.05) is 54.6 Å². The Hall–Kier alpha value is -3.60. The molecule has 0 fully saturated rings. The number of nitrogens with one attached hydrogen (secondary N) is 1. The van der Waals surface area contributed by atoms with Gasteiger partial charge in [0.15, 0.2) is 5.92 Å². The number of hydrogen-bond donors (Lipinski definition) is 1. The summed E-state index contributed by atoms with van der Waals surface area (Å²) >= 11 is 0. The SMILES string of the molecule is CCOC(=O)C(C(=O)OCC)c1c(-c2ccc3ccccc3c2)[nH]c2ccccc12. The molecule has 0 saturated heterocycles. The first-order chi connectivity index (χ1) is 14.6. The van der Waals surface area contributed by atoms with Crippen molar-refractivity contribution >= 4 is 33.6 Å². The first kappa shape index (κ1) is 19.7. The number of carbonyl (C=O) groups excluding carboxylic acids is 2. The lowest BCUT2D eigenvalue weighted by molar-refractivity contribution is -0.156. The molecule has 5 heteroatoms. The van der Waals surface area contributed by atoms with Crippen molar-refractivity contribution in [2.45, 2.75) is 19.8 Å². The van der Waals surface area contributed by atoms with Gasteiger partial charge < -0.3 is 14.5 Å². The summed E-state index contributed by atoms with van der Waals surface area (Å²) in [5.41, 5.74) is 3.03. The zero-order valence-electron chi connectivity index (χ0n) is 17.0. The van der Waals surface area contributed by atoms with Crippen LogP contribution in [0, 0.1) is 0 Å². The van der Waals surface area contributed by atoms with E-state index in [-0.39, 0.29) is 13.2 Å². The van der Waals surface area contributed by atoms with Crippen LogP contribution in [0.4, 0.5) is 0 Å². The largest absolute Gasteiger partial charge is 0.465 e. The predicted octanol–water partition coefficient (Wildman–Crippen LogP) is 5.20. The lowest BCUT2D eigenvalue weighted by Crippen LogP contribution is -2.26. The van der Waals surface area contributed by atoms with Crippen LogP contribution in [-0.2, 0) is 19.1 Å². The number of carbonyl (C=O) groups is 2. The Bertz CT molecular complexity index is 1210. The molecule has 0 unspecified atom stereocenters. The number of rotatable bonds is 6. The van der Waals surface area contributed by atoms with Crippen molar-refractivity contribution in [3.05, 3.63) is 72.3 Å². The number of aromatic amines is 1. The fraction of sp³-hybridized carbons (Fsp3) is 0.200. The van der Waals surface area contributed by atoms with Crippen LogP contribution in [0.15, 0.2) is 66.7 Å². The van der Waals surface area contributed by atoms with Crippen molar-refractivity contribution in [1.29, 1.82) is 0 Å². The van der Waals surface area contributed by atoms with E-state index in [1.807, 2.05) is 60.7 Å². The number of ether oxygens (including phenoxy) is 2. The van der Waals surface area contributed by atoms with E-state index in [1.165, 1.54) is 0 Å². The molecule has 1 heterocycles. The van der Waals surface area contributed by atoms with Gasteiger partial charge >= 0.3 is 11.9 Å². The second-order valence-electron chi connectivity index (χ2n) is 6.96. The van der Waals surface area contributed by atoms with Crippen LogP contribution in [0.2, 0.25) is 0 Å². The van der Waals surface area contributed by atoms with Gasteiger partial charge in [-0.05, 0) is 42.3 Å². The van der Waals surface area contributed by atoms with E-state index in [9.17, 15) is 9.59 Å². The molecule has 0 aliphatic rings. The highest BCUT2D eigenvalue weighted by Gasteiger charge is 2.36. The molecule has 0 spiro atoms. The van der Waals surface area contributed by atoms with Gasteiger partial charge in [0.05, 0.1) is 18.9 Å². The summed E-state index contributed by atoms with van der Waals surface area (Å²) in [6.45, 7) is 3.81. The minimum absolute atomic E-state index is 0.183. The number of aromatic nitrogens is 1. The highest BCUT2D eigenvalue weighted by atomic mass is 16.6. The molecule has 1 aromatic heterocycles. The Morgan fingerprint density at radius 1 is 0.833 bits per heavy atom. The molecule has 5 nitrogen and oxygen atoms in total. The van der Waals surface area contributed by atoms with E-state index in [0.29, 0.717) is 11.3 Å². The molecule has 0 atom stereocenters. The quantitative estimate of drug-likeness (QED) is 0.356. The van der Waals surface area contributed by atoms with Crippen LogP contribution >= 0.6 is 0 Å². The third kappa shape index (κ3) is 3.54. The van der Waals surface area contributed by atoms with Crippen molar-refractivity contribution < 1.29 is 19.1 Å². The third-order valence-electron chi connectivity index (χ3n) is 5.12. The lowest BCUT2D eigenvalue weighted by Gasteiger charge is -2.16. The molecule has 0 bridgehead atoms. The summed E-state index contributed by atoms with van der Waals surface area (Å²) in [4.78, 5) is 29.1. The molecule has 152 valence electrons. The Morgan fingerprint density at radius 3 is 2.17 bits per heavy atom. The van der Waals surface area contributed by atoms with E-state index in [0.717, 1.165) is 27.2 Å². The van der Waals surface area contributed by atoms with Gasteiger partial charge in [0, 0.05) is 16.5 Å². The summed E-state index contributed by atoms with van der Waals surface area (Å²) < 4.78 is 10.5. The molecule has 0 saturated carbocycles. The maximum Gasteiger partial charge on any atom is 0.324 e. The Balaban J connectivity index is 1.96. The fourth-order valence-corrected chi connectivity index (χ4v) is 3.82. The second kappa shape index (κ2) is 8.41. The molecule has 4 aromatic rings. The summed E-state index contributed by atoms with van der Waals surface area (Å²) in [7, 11) is 0. The van der Waals surface area contributed by atoms with Crippen LogP contribution in [-0.4, -0.2) is 30.1 Å². The summed E-state index contributed by atoms with van der Waals surface area (Å²) in [6.07, 6.45) is 0. The Morgan fingerprint density at radius 2 is 1.47 bits per heavy atom. The summed E-state index contributed by atoms with van der Waals surface area (Å²) in [5, 5.41) is 2.99. The molecule has 30 heavy (non-hydrogen) atoms. The smallest absolute Gasteiger partial charge is 0.324 e. The van der Waals surface area contributed by atoms with E-state index < -0.39 is 17.9 Å². The summed E-state index contributed by atoms with van der Waals surface area (Å²) in [5.74, 6) is -2.38. The summed E-state index contributed by atoms with van der Waals surface area (Å²) in [6, 6.07) is 21.8. The number of para-hydroxylation sites is 1. The number of benzene rings is 3. The fourth-order valence-electron chi connectivity index (χ4n) is 3.82. The van der Waals surface area contributed by atoms with Crippen LogP contribution in [0.5, 0.6) is 0 Å². The van der Waals surface area contributed by atoms with Crippen LogP contribution in [0.1, 0.15) is 25.3 Å². The molecule has 0 radical (unpaired) electrons. The van der Waals surface area contributed by atoms with Crippen LogP contribution in [0.3, 0.4) is 0 Å². The number of fused-ring (bicyclic) bond motifs is 2. The molecule has 3 aromatic carbocycles. The number of H-pyrrole nitrogens is 1. The van der Waals surface area contributed by atoms with Crippen molar-refractivity contribution in [2.75, 3.05) is 13.2 Å². The standard InChI is InChI=1S/C25H23NO4/c1-3-29-24(27)22(25(28)30-4-2)21-19-11-7-8-12-20(19)26-23(21)18-14-13-16-9-5-6-10-17(16)15-18/h5-15,22,26H,3-4H2,1-2H3. The zero-order chi connectivity index (χ0) is 21.1. The van der Waals surface area contributed by atoms with Crippen LogP contribution in [0.25, 0.3) is 32.9 Å². The first-order valence-corrected chi connectivity index (χ1v) is 10.1. The molecule has 0 amide bonds. The Kier molecular flexibility index (Phi) is 5.53. The normalized spacial score (nSPS) is 11.2. The topological polar surface area (TPSA) is 68.4 Å². The molecule has 0 aliphatic carbocycles. The molecule has 4 rings (SSSR count). The molecular formula is C25H23NO4. The molecule has 0 aliphatic heterocycles. The highest BCUT2D eigenvalue weighted by molar-refractivity contribution is 6.08. The number of hydrogen-bond acceptors (Lipinski definition) is 4. The minimum atomic E-state index is -1.16. The average molecular weight is 401 g/mol. The van der Waals surface area contributed by atoms with Gasteiger partial charge in [0.2, 0.25) is 0 Å². The maximum atomic E-state index is 12.9. The Labute approximate surface area is 174 Å². The van der Waals surface area contributed by atoms with Gasteiger partial charge in [-0.25, -0.2) is 0 Å². The van der Waals surface area contributed by atoms with Gasteiger partial charge in [-0.2, -0.15) is 0 Å². The van der Waals surface area contributed by atoms with Gasteiger partial charge in [-0.3, -0.25) is 9.59 Å². The monoisotopic (exact) mass is 401 g/mol. The van der Waals surface area contributed by atoms with Gasteiger partial charge in [-0.15, -0.1) is 0 Å². The highest BCUT2D eigenvalue weighted by Crippen LogP contribution is 2.38. The second-order valence-corrected chi connectivity index (χ2v) is 6.96. The average Bonchev–Trinajstić information content (AvgIpc) is 3.13. The van der Waals surface area contributed by atoms with Crippen molar-refractivity contribution in [3.8, 4) is 11.3 Å². The van der Waals surface area contributed by atoms with Crippen LogP contribution < -0.4 is 0 Å². The van der Waals surface area contributed by atoms with Crippen molar-refractivity contribution in [3.63, 3.8) is 0 Å². The minimum Gasteiger partial charge on any atom is -0.465 e. The van der Waals surface area contributed by atoms with E-state index in [2.05, 4.69) is 11.1 Å². The van der Waals surface area contributed by atoms with E-state index in [4.69, 9.17) is 9.47 Å². The lowest BCUT2D eigenvalue weighted by atomic mass is 9.92. The number of esters is 2. The van der Waals surface area contributed by atoms with Crippen molar-refractivity contribution in [1.82, 2.24) is 4.98 Å². The predicted molar refractivity (Wildman–Crippen MR) is 117 cm³/mol. The van der Waals surface area contributed by atoms with Gasteiger partial charge in [0.1, 0.15) is 0 Å². The van der Waals surface area contributed by atoms with E-state index >= 15 is 0 Å². The maximum absolute atomic E-state index is 12.9. The molecule has 1 N–H and O–H groups in total.